The molecule has 2 heterocycles. The molecular formula is C20H15N3O4. The van der Waals surface area contributed by atoms with E-state index in [-0.39, 0.29) is 17.7 Å². The number of methoxy groups -OCH3 is 1. The minimum absolute atomic E-state index is 0.120. The summed E-state index contributed by atoms with van der Waals surface area (Å²) in [5.74, 6) is 0.470. The molecule has 0 radical (unpaired) electrons. The second kappa shape index (κ2) is 7.97. The molecule has 0 fully saturated rings. The summed E-state index contributed by atoms with van der Waals surface area (Å²) in [6, 6.07) is 13.7. The van der Waals surface area contributed by atoms with Crippen molar-refractivity contribution in [3.05, 3.63) is 88.1 Å². The zero-order valence-corrected chi connectivity index (χ0v) is 14.5. The van der Waals surface area contributed by atoms with E-state index in [2.05, 4.69) is 9.72 Å². The maximum atomic E-state index is 12.5. The third-order valence-corrected chi connectivity index (χ3v) is 3.80. The number of aromatic nitrogens is 2. The second-order valence-electron chi connectivity index (χ2n) is 5.58. The number of esters is 1. The standard InChI is InChI=1S/C20H15N3O4/c1-26-20(25)16-9-15(10-21)19(24)23(13-16)12-14-5-2-3-7-18(14)27-17-6-4-8-22-11-17/h2-9,11,13H,12H2,1H3. The molecule has 0 atom stereocenters. The maximum Gasteiger partial charge on any atom is 0.339 e. The molecule has 134 valence electrons. The smallest absolute Gasteiger partial charge is 0.339 e. The van der Waals surface area contributed by atoms with E-state index in [0.29, 0.717) is 17.1 Å². The lowest BCUT2D eigenvalue weighted by Gasteiger charge is -2.13. The molecule has 0 amide bonds. The molecule has 7 heteroatoms. The van der Waals surface area contributed by atoms with Crippen LogP contribution in [0.5, 0.6) is 11.5 Å². The first-order valence-electron chi connectivity index (χ1n) is 8.01. The normalized spacial score (nSPS) is 10.1. The zero-order valence-electron chi connectivity index (χ0n) is 14.5. The highest BCUT2D eigenvalue weighted by Gasteiger charge is 2.14. The summed E-state index contributed by atoms with van der Waals surface area (Å²) in [5, 5.41) is 9.19. The number of hydrogen-bond acceptors (Lipinski definition) is 6. The lowest BCUT2D eigenvalue weighted by Crippen LogP contribution is -2.24. The van der Waals surface area contributed by atoms with Gasteiger partial charge < -0.3 is 14.0 Å². The number of ether oxygens (including phenoxy) is 2. The van der Waals surface area contributed by atoms with Crippen molar-refractivity contribution >= 4 is 5.97 Å². The maximum absolute atomic E-state index is 12.5. The Hall–Kier alpha value is -3.92. The predicted molar refractivity (Wildman–Crippen MR) is 96.6 cm³/mol. The van der Waals surface area contributed by atoms with Gasteiger partial charge in [0.05, 0.1) is 25.4 Å². The van der Waals surface area contributed by atoms with Crippen molar-refractivity contribution in [1.82, 2.24) is 9.55 Å². The fourth-order valence-electron chi connectivity index (χ4n) is 2.51. The van der Waals surface area contributed by atoms with Crippen molar-refractivity contribution in [2.24, 2.45) is 0 Å². The molecule has 2 aromatic heterocycles. The zero-order chi connectivity index (χ0) is 19.2. The van der Waals surface area contributed by atoms with Crippen LogP contribution in [0.25, 0.3) is 0 Å². The number of carbonyl (C=O) groups excluding carboxylic acids is 1. The summed E-state index contributed by atoms with van der Waals surface area (Å²) in [5.41, 5.74) is 0.193. The molecular weight excluding hydrogens is 346 g/mol. The number of para-hydroxylation sites is 1. The van der Waals surface area contributed by atoms with E-state index in [1.54, 1.807) is 36.7 Å². The fraction of sp³-hybridized carbons (Fsp3) is 0.100. The molecule has 0 saturated carbocycles. The van der Waals surface area contributed by atoms with E-state index < -0.39 is 11.5 Å². The average molecular weight is 361 g/mol. The summed E-state index contributed by atoms with van der Waals surface area (Å²) in [4.78, 5) is 28.3. The van der Waals surface area contributed by atoms with E-state index in [9.17, 15) is 14.9 Å². The van der Waals surface area contributed by atoms with Crippen LogP contribution in [0, 0.1) is 11.3 Å². The number of nitrogens with zero attached hydrogens (tertiary/aromatic N) is 3. The second-order valence-corrected chi connectivity index (χ2v) is 5.58. The monoisotopic (exact) mass is 361 g/mol. The Bertz CT molecular complexity index is 1070. The number of pyridine rings is 2. The Labute approximate surface area is 155 Å². The van der Waals surface area contributed by atoms with E-state index in [4.69, 9.17) is 4.74 Å². The molecule has 0 aliphatic carbocycles. The SMILES string of the molecule is COC(=O)c1cc(C#N)c(=O)n(Cc2ccccc2Oc2cccnc2)c1. The van der Waals surface area contributed by atoms with Crippen molar-refractivity contribution in [2.45, 2.75) is 6.54 Å². The van der Waals surface area contributed by atoms with Gasteiger partial charge >= 0.3 is 5.97 Å². The van der Waals surface area contributed by atoms with Gasteiger partial charge in [-0.1, -0.05) is 18.2 Å². The van der Waals surface area contributed by atoms with Crippen LogP contribution in [-0.2, 0) is 11.3 Å². The highest BCUT2D eigenvalue weighted by atomic mass is 16.5. The quantitative estimate of drug-likeness (QED) is 0.649. The first-order chi connectivity index (χ1) is 13.1. The Balaban J connectivity index is 2.00. The van der Waals surface area contributed by atoms with Gasteiger partial charge in [0.2, 0.25) is 0 Å². The summed E-state index contributed by atoms with van der Waals surface area (Å²) in [6.45, 7) is 0.120. The Morgan fingerprint density at radius 2 is 2.07 bits per heavy atom. The van der Waals surface area contributed by atoms with Crippen LogP contribution in [-0.4, -0.2) is 22.6 Å². The molecule has 3 aromatic rings. The summed E-state index contributed by atoms with van der Waals surface area (Å²) in [6.07, 6.45) is 4.59. The molecule has 0 unspecified atom stereocenters. The van der Waals surface area contributed by atoms with Crippen LogP contribution in [0.2, 0.25) is 0 Å². The minimum atomic E-state index is -0.625. The summed E-state index contributed by atoms with van der Waals surface area (Å²) >= 11 is 0. The van der Waals surface area contributed by atoms with Gasteiger partial charge in [0, 0.05) is 18.0 Å². The Morgan fingerprint density at radius 1 is 1.26 bits per heavy atom. The van der Waals surface area contributed by atoms with Crippen LogP contribution >= 0.6 is 0 Å². The largest absolute Gasteiger partial charge is 0.465 e. The molecule has 0 saturated heterocycles. The Kier molecular flexibility index (Phi) is 5.28. The lowest BCUT2D eigenvalue weighted by molar-refractivity contribution is 0.0599. The van der Waals surface area contributed by atoms with Crippen molar-refractivity contribution in [2.75, 3.05) is 7.11 Å². The first-order valence-corrected chi connectivity index (χ1v) is 8.01. The molecule has 0 aliphatic rings. The van der Waals surface area contributed by atoms with Gasteiger partial charge in [-0.3, -0.25) is 9.78 Å². The predicted octanol–water partition coefficient (Wildman–Crippen LogP) is 2.74. The van der Waals surface area contributed by atoms with Crippen LogP contribution in [0.4, 0.5) is 0 Å². The van der Waals surface area contributed by atoms with Gasteiger partial charge in [-0.2, -0.15) is 5.26 Å². The van der Waals surface area contributed by atoms with Gasteiger partial charge in [-0.05, 0) is 24.3 Å². The van der Waals surface area contributed by atoms with Gasteiger partial charge in [-0.15, -0.1) is 0 Å². The molecule has 27 heavy (non-hydrogen) atoms. The molecule has 1 aromatic carbocycles. The summed E-state index contributed by atoms with van der Waals surface area (Å²) in [7, 11) is 1.24. The van der Waals surface area contributed by atoms with Gasteiger partial charge in [0.25, 0.3) is 5.56 Å². The topological polar surface area (TPSA) is 94.2 Å². The molecule has 0 spiro atoms. The molecule has 3 rings (SSSR count). The Morgan fingerprint density at radius 3 is 2.78 bits per heavy atom. The van der Waals surface area contributed by atoms with Crippen molar-refractivity contribution in [1.29, 1.82) is 5.26 Å². The van der Waals surface area contributed by atoms with Gasteiger partial charge in [0.15, 0.2) is 0 Å². The average Bonchev–Trinajstić information content (AvgIpc) is 2.71. The van der Waals surface area contributed by atoms with Crippen LogP contribution in [0.1, 0.15) is 21.5 Å². The van der Waals surface area contributed by atoms with Crippen LogP contribution in [0.3, 0.4) is 0 Å². The third-order valence-electron chi connectivity index (χ3n) is 3.80. The van der Waals surface area contributed by atoms with E-state index in [1.807, 2.05) is 18.2 Å². The van der Waals surface area contributed by atoms with E-state index in [0.717, 1.165) is 0 Å². The molecule has 0 bridgehead atoms. The molecule has 0 N–H and O–H groups in total. The van der Waals surface area contributed by atoms with Crippen molar-refractivity contribution < 1.29 is 14.3 Å². The van der Waals surface area contributed by atoms with E-state index in [1.165, 1.54) is 23.9 Å². The summed E-state index contributed by atoms with van der Waals surface area (Å²) < 4.78 is 11.8. The van der Waals surface area contributed by atoms with Crippen LogP contribution in [0.15, 0.2) is 65.8 Å². The van der Waals surface area contributed by atoms with Crippen LogP contribution < -0.4 is 10.3 Å². The van der Waals surface area contributed by atoms with Crippen molar-refractivity contribution in [3.8, 4) is 17.6 Å². The van der Waals surface area contributed by atoms with E-state index >= 15 is 0 Å². The van der Waals surface area contributed by atoms with Gasteiger partial charge in [-0.25, -0.2) is 4.79 Å². The lowest BCUT2D eigenvalue weighted by atomic mass is 10.1. The third kappa shape index (κ3) is 4.02. The number of rotatable bonds is 5. The highest BCUT2D eigenvalue weighted by molar-refractivity contribution is 5.89. The molecule has 0 aliphatic heterocycles. The van der Waals surface area contributed by atoms with Gasteiger partial charge in [0.1, 0.15) is 23.1 Å². The minimum Gasteiger partial charge on any atom is -0.465 e. The fourth-order valence-corrected chi connectivity index (χ4v) is 2.51. The van der Waals surface area contributed by atoms with Crippen molar-refractivity contribution in [3.63, 3.8) is 0 Å². The number of carbonyl (C=O) groups is 1. The number of hydrogen-bond donors (Lipinski definition) is 0. The highest BCUT2D eigenvalue weighted by Crippen LogP contribution is 2.25. The number of benzene rings is 1. The first kappa shape index (κ1) is 17.9. The number of nitriles is 1. The molecule has 7 nitrogen and oxygen atoms in total.